The lowest BCUT2D eigenvalue weighted by molar-refractivity contribution is -0.384. The third kappa shape index (κ3) is 3.30. The minimum Gasteiger partial charge on any atom is -0.379 e. The van der Waals surface area contributed by atoms with Gasteiger partial charge < -0.3 is 5.73 Å². The molecule has 108 valence electrons. The van der Waals surface area contributed by atoms with Crippen molar-refractivity contribution in [1.29, 1.82) is 0 Å². The number of nitro benzene ring substituents is 1. The number of anilines is 1. The fourth-order valence-corrected chi connectivity index (χ4v) is 1.51. The number of benzene rings is 1. The number of halogens is 1. The maximum Gasteiger partial charge on any atom is 0.297 e. The van der Waals surface area contributed by atoms with Gasteiger partial charge in [0.25, 0.3) is 11.6 Å². The van der Waals surface area contributed by atoms with Crippen LogP contribution in [0.1, 0.15) is 16.1 Å². The molecule has 0 fully saturated rings. The highest BCUT2D eigenvalue weighted by Gasteiger charge is 2.15. The van der Waals surface area contributed by atoms with Crippen molar-refractivity contribution in [3.63, 3.8) is 0 Å². The van der Waals surface area contributed by atoms with E-state index in [0.717, 1.165) is 0 Å². The molecule has 11 heteroatoms. The van der Waals surface area contributed by atoms with Crippen molar-refractivity contribution in [2.24, 2.45) is 5.10 Å². The van der Waals surface area contributed by atoms with Gasteiger partial charge in [0.2, 0.25) is 11.5 Å². The van der Waals surface area contributed by atoms with E-state index in [1.807, 2.05) is 0 Å². The van der Waals surface area contributed by atoms with E-state index in [-0.39, 0.29) is 22.2 Å². The average Bonchev–Trinajstić information content (AvgIpc) is 2.86. The molecule has 2 rings (SSSR count). The van der Waals surface area contributed by atoms with Gasteiger partial charge in [0, 0.05) is 11.6 Å². The zero-order valence-corrected chi connectivity index (χ0v) is 10.9. The summed E-state index contributed by atoms with van der Waals surface area (Å²) in [5, 5.41) is 20.9. The Morgan fingerprint density at radius 3 is 2.90 bits per heavy atom. The Morgan fingerprint density at radius 2 is 2.29 bits per heavy atom. The smallest absolute Gasteiger partial charge is 0.297 e. The van der Waals surface area contributed by atoms with Crippen molar-refractivity contribution in [1.82, 2.24) is 15.7 Å². The number of nitrogens with one attached hydrogen (secondary N) is 1. The van der Waals surface area contributed by atoms with Crippen molar-refractivity contribution in [3.8, 4) is 0 Å². The molecule has 2 aromatic rings. The first-order chi connectivity index (χ1) is 9.99. The summed E-state index contributed by atoms with van der Waals surface area (Å²) in [7, 11) is 0. The third-order valence-corrected chi connectivity index (χ3v) is 2.60. The molecule has 0 atom stereocenters. The molecule has 10 nitrogen and oxygen atoms in total. The molecule has 0 aliphatic rings. The molecule has 21 heavy (non-hydrogen) atoms. The van der Waals surface area contributed by atoms with Crippen molar-refractivity contribution in [2.75, 3.05) is 5.73 Å². The summed E-state index contributed by atoms with van der Waals surface area (Å²) in [4.78, 5) is 21.6. The van der Waals surface area contributed by atoms with E-state index in [0.29, 0.717) is 5.56 Å². The standard InChI is InChI=1S/C10H7ClN6O4/c11-6-2-1-5(3-7(6)17(19)20)4-13-14-10(18)8-9(12)16-21-15-8/h1-4H,(H2,12,16)(H,14,18)/b13-4-. The minimum absolute atomic E-state index is 0.00244. The van der Waals surface area contributed by atoms with Crippen LogP contribution in [-0.4, -0.2) is 27.4 Å². The molecule has 1 amide bonds. The summed E-state index contributed by atoms with van der Waals surface area (Å²) in [6.07, 6.45) is 1.20. The summed E-state index contributed by atoms with van der Waals surface area (Å²) in [6.45, 7) is 0. The molecule has 0 radical (unpaired) electrons. The van der Waals surface area contributed by atoms with Gasteiger partial charge in [-0.3, -0.25) is 14.9 Å². The number of rotatable bonds is 4. The highest BCUT2D eigenvalue weighted by molar-refractivity contribution is 6.32. The van der Waals surface area contributed by atoms with Crippen molar-refractivity contribution in [2.45, 2.75) is 0 Å². The van der Waals surface area contributed by atoms with E-state index in [9.17, 15) is 14.9 Å². The van der Waals surface area contributed by atoms with Crippen LogP contribution in [0.5, 0.6) is 0 Å². The van der Waals surface area contributed by atoms with E-state index in [2.05, 4.69) is 25.5 Å². The largest absolute Gasteiger partial charge is 0.379 e. The summed E-state index contributed by atoms with van der Waals surface area (Å²) in [5.41, 5.74) is 7.34. The first-order valence-electron chi connectivity index (χ1n) is 5.34. The molecular weight excluding hydrogens is 304 g/mol. The van der Waals surface area contributed by atoms with Crippen LogP contribution in [-0.2, 0) is 0 Å². The quantitative estimate of drug-likeness (QED) is 0.485. The number of carbonyl (C=O) groups excluding carboxylic acids is 1. The molecular formula is C10H7ClN6O4. The maximum absolute atomic E-state index is 11.5. The number of nitrogens with zero attached hydrogens (tertiary/aromatic N) is 4. The Kier molecular flexibility index (Phi) is 4.09. The molecule has 0 unspecified atom stereocenters. The van der Waals surface area contributed by atoms with Crippen LogP contribution in [0.3, 0.4) is 0 Å². The van der Waals surface area contributed by atoms with Gasteiger partial charge in [-0.05, 0) is 16.4 Å². The number of nitro groups is 1. The SMILES string of the molecule is Nc1nonc1C(=O)N/N=C\c1ccc(Cl)c([N+](=O)[O-])c1. The lowest BCUT2D eigenvalue weighted by Crippen LogP contribution is -2.19. The molecule has 1 heterocycles. The predicted molar refractivity (Wildman–Crippen MR) is 71.9 cm³/mol. The zero-order chi connectivity index (χ0) is 15.4. The molecule has 0 aliphatic heterocycles. The number of nitrogen functional groups attached to an aromatic ring is 1. The van der Waals surface area contributed by atoms with E-state index in [1.54, 1.807) is 0 Å². The van der Waals surface area contributed by atoms with Crippen LogP contribution in [0.4, 0.5) is 11.5 Å². The van der Waals surface area contributed by atoms with Gasteiger partial charge >= 0.3 is 0 Å². The number of hydrazone groups is 1. The van der Waals surface area contributed by atoms with E-state index >= 15 is 0 Å². The number of nitrogens with two attached hydrogens (primary N) is 1. The van der Waals surface area contributed by atoms with Gasteiger partial charge in [0.05, 0.1) is 11.1 Å². The van der Waals surface area contributed by atoms with E-state index in [4.69, 9.17) is 17.3 Å². The molecule has 1 aromatic carbocycles. The van der Waals surface area contributed by atoms with Crippen LogP contribution in [0.2, 0.25) is 5.02 Å². The Labute approximate surface area is 121 Å². The summed E-state index contributed by atoms with van der Waals surface area (Å²) in [5.74, 6) is -0.904. The number of carbonyl (C=O) groups is 1. The van der Waals surface area contributed by atoms with Gasteiger partial charge in [0.15, 0.2) is 0 Å². The van der Waals surface area contributed by atoms with E-state index < -0.39 is 10.8 Å². The lowest BCUT2D eigenvalue weighted by atomic mass is 10.2. The summed E-state index contributed by atoms with van der Waals surface area (Å²) in [6, 6.07) is 4.06. The Balaban J connectivity index is 2.08. The number of aromatic nitrogens is 2. The normalized spacial score (nSPS) is 10.7. The highest BCUT2D eigenvalue weighted by atomic mass is 35.5. The van der Waals surface area contributed by atoms with Gasteiger partial charge in [-0.2, -0.15) is 5.10 Å². The van der Waals surface area contributed by atoms with Crippen molar-refractivity contribution in [3.05, 3.63) is 44.6 Å². The summed E-state index contributed by atoms with van der Waals surface area (Å²) < 4.78 is 4.26. The van der Waals surface area contributed by atoms with Gasteiger partial charge in [-0.25, -0.2) is 10.1 Å². The lowest BCUT2D eigenvalue weighted by Gasteiger charge is -1.97. The second-order valence-corrected chi connectivity index (χ2v) is 4.07. The molecule has 1 aromatic heterocycles. The fourth-order valence-electron chi connectivity index (χ4n) is 1.32. The van der Waals surface area contributed by atoms with Gasteiger partial charge in [-0.1, -0.05) is 17.7 Å². The first kappa shape index (κ1) is 14.4. The topological polar surface area (TPSA) is 150 Å². The Hall–Kier alpha value is -3.01. The highest BCUT2D eigenvalue weighted by Crippen LogP contribution is 2.24. The predicted octanol–water partition coefficient (Wildman–Crippen LogP) is 0.977. The van der Waals surface area contributed by atoms with Crippen LogP contribution in [0.25, 0.3) is 0 Å². The van der Waals surface area contributed by atoms with Crippen molar-refractivity contribution < 1.29 is 14.3 Å². The molecule has 0 bridgehead atoms. The van der Waals surface area contributed by atoms with Crippen molar-refractivity contribution >= 4 is 35.2 Å². The molecule has 0 spiro atoms. The number of hydrogen-bond acceptors (Lipinski definition) is 8. The van der Waals surface area contributed by atoms with E-state index in [1.165, 1.54) is 24.4 Å². The van der Waals surface area contributed by atoms with Crippen LogP contribution in [0.15, 0.2) is 27.9 Å². The molecule has 0 aliphatic carbocycles. The van der Waals surface area contributed by atoms with Gasteiger partial charge in [0.1, 0.15) is 5.02 Å². The Bertz CT molecular complexity index is 728. The van der Waals surface area contributed by atoms with Crippen LogP contribution in [0, 0.1) is 10.1 Å². The second kappa shape index (κ2) is 5.96. The number of amides is 1. The van der Waals surface area contributed by atoms with Crippen LogP contribution >= 0.6 is 11.6 Å². The fraction of sp³-hybridized carbons (Fsp3) is 0. The van der Waals surface area contributed by atoms with Crippen LogP contribution < -0.4 is 11.2 Å². The number of hydrogen-bond donors (Lipinski definition) is 2. The molecule has 0 saturated carbocycles. The third-order valence-electron chi connectivity index (χ3n) is 2.28. The first-order valence-corrected chi connectivity index (χ1v) is 5.72. The maximum atomic E-state index is 11.5. The zero-order valence-electron chi connectivity index (χ0n) is 10.2. The molecule has 0 saturated heterocycles. The summed E-state index contributed by atoms with van der Waals surface area (Å²) >= 11 is 5.67. The Morgan fingerprint density at radius 1 is 1.52 bits per heavy atom. The monoisotopic (exact) mass is 310 g/mol. The second-order valence-electron chi connectivity index (χ2n) is 3.67. The average molecular weight is 311 g/mol. The molecule has 3 N–H and O–H groups in total. The minimum atomic E-state index is -0.728. The van der Waals surface area contributed by atoms with Gasteiger partial charge in [-0.15, -0.1) is 0 Å².